The van der Waals surface area contributed by atoms with Gasteiger partial charge in [0.2, 0.25) is 0 Å². The van der Waals surface area contributed by atoms with Crippen LogP contribution in [0.4, 0.5) is 0 Å². The third-order valence-electron chi connectivity index (χ3n) is 3.84. The molecular formula is C17H14ClNO3S3. The van der Waals surface area contributed by atoms with E-state index >= 15 is 0 Å². The molecule has 2 aromatic rings. The summed E-state index contributed by atoms with van der Waals surface area (Å²) in [4.78, 5) is 26.2. The summed E-state index contributed by atoms with van der Waals surface area (Å²) in [6.07, 6.45) is 2.27. The molecule has 0 aliphatic carbocycles. The van der Waals surface area contributed by atoms with Gasteiger partial charge in [0.15, 0.2) is 0 Å². The lowest BCUT2D eigenvalue weighted by Crippen LogP contribution is -2.29. The van der Waals surface area contributed by atoms with Crippen LogP contribution in [0.1, 0.15) is 23.3 Å². The van der Waals surface area contributed by atoms with Crippen molar-refractivity contribution in [1.82, 2.24) is 4.90 Å². The summed E-state index contributed by atoms with van der Waals surface area (Å²) in [6, 6.07) is 5.76. The van der Waals surface area contributed by atoms with Gasteiger partial charge in [-0.15, -0.1) is 11.3 Å². The van der Waals surface area contributed by atoms with E-state index in [2.05, 4.69) is 0 Å². The highest BCUT2D eigenvalue weighted by Gasteiger charge is 2.32. The number of aryl methyl sites for hydroxylation is 1. The molecule has 1 fully saturated rings. The molecule has 1 aliphatic rings. The Balaban J connectivity index is 1.84. The van der Waals surface area contributed by atoms with Crippen molar-refractivity contribution in [2.24, 2.45) is 0 Å². The minimum Gasteiger partial charge on any atom is -0.481 e. The quantitative estimate of drug-likeness (QED) is 0.558. The number of fused-ring (bicyclic) bond motifs is 1. The zero-order valence-electron chi connectivity index (χ0n) is 13.2. The van der Waals surface area contributed by atoms with Crippen LogP contribution in [-0.2, 0) is 9.59 Å². The molecule has 0 bridgehead atoms. The Hall–Kier alpha value is -1.41. The summed E-state index contributed by atoms with van der Waals surface area (Å²) in [5.74, 6) is -1.03. The maximum absolute atomic E-state index is 12.6. The number of amides is 1. The van der Waals surface area contributed by atoms with E-state index in [-0.39, 0.29) is 12.3 Å². The topological polar surface area (TPSA) is 57.6 Å². The number of nitrogens with zero attached hydrogens (tertiary/aromatic N) is 1. The first-order valence-electron chi connectivity index (χ1n) is 7.52. The molecule has 0 radical (unpaired) electrons. The van der Waals surface area contributed by atoms with Crippen molar-refractivity contribution < 1.29 is 14.7 Å². The molecule has 0 unspecified atom stereocenters. The van der Waals surface area contributed by atoms with Crippen LogP contribution >= 0.6 is 46.9 Å². The largest absolute Gasteiger partial charge is 0.481 e. The number of rotatable bonds is 5. The fourth-order valence-electron chi connectivity index (χ4n) is 2.55. The van der Waals surface area contributed by atoms with Gasteiger partial charge in [0.25, 0.3) is 5.91 Å². The van der Waals surface area contributed by atoms with Gasteiger partial charge < -0.3 is 5.11 Å². The van der Waals surface area contributed by atoms with Crippen molar-refractivity contribution in [1.29, 1.82) is 0 Å². The highest BCUT2D eigenvalue weighted by Crippen LogP contribution is 2.38. The Bertz CT molecular complexity index is 919. The Labute approximate surface area is 163 Å². The number of aliphatic carboxylic acids is 1. The van der Waals surface area contributed by atoms with Gasteiger partial charge in [-0.25, -0.2) is 0 Å². The van der Waals surface area contributed by atoms with Crippen LogP contribution in [-0.4, -0.2) is 32.7 Å². The Morgan fingerprint density at radius 2 is 2.20 bits per heavy atom. The Morgan fingerprint density at radius 1 is 1.44 bits per heavy atom. The predicted molar refractivity (Wildman–Crippen MR) is 108 cm³/mol. The number of carbonyl (C=O) groups excluding carboxylic acids is 1. The maximum atomic E-state index is 12.6. The first-order chi connectivity index (χ1) is 11.9. The molecule has 1 aromatic carbocycles. The number of carboxylic acid groups (broad SMARTS) is 1. The van der Waals surface area contributed by atoms with Crippen LogP contribution in [0.15, 0.2) is 23.1 Å². The SMILES string of the molecule is Cc1c(/C=C2/SC(=S)N(CCCC(=O)O)C2=O)sc2ccc(Cl)cc12. The van der Waals surface area contributed by atoms with Crippen molar-refractivity contribution in [2.75, 3.05) is 6.54 Å². The number of halogens is 1. The van der Waals surface area contributed by atoms with Crippen molar-refractivity contribution >= 4 is 79.3 Å². The Morgan fingerprint density at radius 3 is 2.92 bits per heavy atom. The van der Waals surface area contributed by atoms with Gasteiger partial charge in [-0.1, -0.05) is 35.6 Å². The third kappa shape index (κ3) is 3.89. The van der Waals surface area contributed by atoms with Crippen LogP contribution in [0.3, 0.4) is 0 Å². The molecule has 3 rings (SSSR count). The molecule has 4 nitrogen and oxygen atoms in total. The highest BCUT2D eigenvalue weighted by molar-refractivity contribution is 8.26. The molecule has 1 N–H and O–H groups in total. The molecule has 1 saturated heterocycles. The number of hydrogen-bond acceptors (Lipinski definition) is 5. The standard InChI is InChI=1S/C17H14ClNO3S3/c1-9-11-7-10(18)4-5-12(11)24-13(9)8-14-16(22)19(17(23)25-14)6-2-3-15(20)21/h4-5,7-8H,2-3,6H2,1H3,(H,20,21)/b14-8+. The summed E-state index contributed by atoms with van der Waals surface area (Å²) in [6.45, 7) is 2.34. The molecule has 1 amide bonds. The number of benzene rings is 1. The first-order valence-corrected chi connectivity index (χ1v) is 9.94. The molecule has 0 atom stereocenters. The van der Waals surface area contributed by atoms with E-state index in [1.807, 2.05) is 31.2 Å². The Kier molecular flexibility index (Phi) is 5.48. The first kappa shape index (κ1) is 18.4. The summed E-state index contributed by atoms with van der Waals surface area (Å²) in [7, 11) is 0. The van der Waals surface area contributed by atoms with E-state index < -0.39 is 5.97 Å². The maximum Gasteiger partial charge on any atom is 0.303 e. The predicted octanol–water partition coefficient (Wildman–Crippen LogP) is 4.93. The van der Waals surface area contributed by atoms with Gasteiger partial charge >= 0.3 is 5.97 Å². The second kappa shape index (κ2) is 7.45. The summed E-state index contributed by atoms with van der Waals surface area (Å²) < 4.78 is 1.59. The van der Waals surface area contributed by atoms with Gasteiger partial charge in [-0.2, -0.15) is 0 Å². The lowest BCUT2D eigenvalue weighted by Gasteiger charge is -2.13. The second-order valence-electron chi connectivity index (χ2n) is 5.56. The minimum atomic E-state index is -0.874. The molecule has 0 spiro atoms. The van der Waals surface area contributed by atoms with Gasteiger partial charge in [-0.05, 0) is 48.6 Å². The van der Waals surface area contributed by atoms with Crippen LogP contribution in [0.25, 0.3) is 16.2 Å². The van der Waals surface area contributed by atoms with E-state index in [1.54, 1.807) is 11.3 Å². The van der Waals surface area contributed by atoms with E-state index in [0.717, 1.165) is 20.5 Å². The van der Waals surface area contributed by atoms with Crippen LogP contribution in [0.5, 0.6) is 0 Å². The monoisotopic (exact) mass is 411 g/mol. The summed E-state index contributed by atoms with van der Waals surface area (Å²) >= 11 is 14.2. The van der Waals surface area contributed by atoms with Crippen LogP contribution < -0.4 is 0 Å². The van der Waals surface area contributed by atoms with E-state index in [0.29, 0.717) is 27.2 Å². The minimum absolute atomic E-state index is 0.0201. The fourth-order valence-corrected chi connectivity index (χ4v) is 5.22. The van der Waals surface area contributed by atoms with Crippen molar-refractivity contribution in [2.45, 2.75) is 19.8 Å². The van der Waals surface area contributed by atoms with E-state index in [9.17, 15) is 9.59 Å². The number of hydrogen-bond donors (Lipinski definition) is 1. The molecule has 8 heteroatoms. The number of thiophene rings is 1. The van der Waals surface area contributed by atoms with Crippen molar-refractivity contribution in [3.05, 3.63) is 38.6 Å². The molecular weight excluding hydrogens is 398 g/mol. The molecule has 1 aromatic heterocycles. The average molecular weight is 412 g/mol. The van der Waals surface area contributed by atoms with Crippen LogP contribution in [0.2, 0.25) is 5.02 Å². The van der Waals surface area contributed by atoms with Gasteiger partial charge in [0.1, 0.15) is 4.32 Å². The number of carbonyl (C=O) groups is 2. The van der Waals surface area contributed by atoms with Crippen LogP contribution in [0, 0.1) is 6.92 Å². The lowest BCUT2D eigenvalue weighted by molar-refractivity contribution is -0.137. The normalized spacial score (nSPS) is 16.4. The number of thioether (sulfide) groups is 1. The molecule has 25 heavy (non-hydrogen) atoms. The third-order valence-corrected chi connectivity index (χ3v) is 6.68. The summed E-state index contributed by atoms with van der Waals surface area (Å²) in [5.41, 5.74) is 1.08. The molecule has 130 valence electrons. The van der Waals surface area contributed by atoms with Crippen molar-refractivity contribution in [3.8, 4) is 0 Å². The van der Waals surface area contributed by atoms with Gasteiger partial charge in [0, 0.05) is 27.6 Å². The number of carboxylic acids is 1. The highest BCUT2D eigenvalue weighted by atomic mass is 35.5. The van der Waals surface area contributed by atoms with Crippen molar-refractivity contribution in [3.63, 3.8) is 0 Å². The number of thiocarbonyl (C=S) groups is 1. The zero-order chi connectivity index (χ0) is 18.1. The molecule has 2 heterocycles. The average Bonchev–Trinajstić information content (AvgIpc) is 2.99. The van der Waals surface area contributed by atoms with Gasteiger partial charge in [-0.3, -0.25) is 14.5 Å². The van der Waals surface area contributed by atoms with E-state index in [1.165, 1.54) is 16.7 Å². The smallest absolute Gasteiger partial charge is 0.303 e. The van der Waals surface area contributed by atoms with Gasteiger partial charge in [0.05, 0.1) is 4.91 Å². The zero-order valence-corrected chi connectivity index (χ0v) is 16.4. The fraction of sp³-hybridized carbons (Fsp3) is 0.235. The molecule has 0 saturated carbocycles. The lowest BCUT2D eigenvalue weighted by atomic mass is 10.1. The molecule has 1 aliphatic heterocycles. The summed E-state index contributed by atoms with van der Waals surface area (Å²) in [5, 5.41) is 10.5. The second-order valence-corrected chi connectivity index (χ2v) is 8.76. The van der Waals surface area contributed by atoms with E-state index in [4.69, 9.17) is 28.9 Å².